The van der Waals surface area contributed by atoms with Crippen LogP contribution < -0.4 is 10.1 Å². The fourth-order valence-corrected chi connectivity index (χ4v) is 2.02. The molecule has 0 atom stereocenters. The minimum atomic E-state index is 0.618. The van der Waals surface area contributed by atoms with E-state index in [0.29, 0.717) is 19.1 Å². The van der Waals surface area contributed by atoms with Gasteiger partial charge in [-0.25, -0.2) is 0 Å². The second-order valence-electron chi connectivity index (χ2n) is 5.23. The van der Waals surface area contributed by atoms with Crippen molar-refractivity contribution in [3.63, 3.8) is 0 Å². The van der Waals surface area contributed by atoms with Gasteiger partial charge in [-0.15, -0.1) is 0 Å². The average Bonchev–Trinajstić information content (AvgIpc) is 3.22. The summed E-state index contributed by atoms with van der Waals surface area (Å²) in [5, 5.41) is 12.0. The highest BCUT2D eigenvalue weighted by Gasteiger charge is 2.20. The van der Waals surface area contributed by atoms with Crippen molar-refractivity contribution in [2.24, 2.45) is 0 Å². The molecule has 1 N–H and O–H groups in total. The lowest BCUT2D eigenvalue weighted by Gasteiger charge is -2.13. The zero-order valence-electron chi connectivity index (χ0n) is 11.6. The van der Waals surface area contributed by atoms with Gasteiger partial charge in [0.15, 0.2) is 0 Å². The Morgan fingerprint density at radius 1 is 1.37 bits per heavy atom. The lowest BCUT2D eigenvalue weighted by atomic mass is 10.1. The molecule has 0 radical (unpaired) electrons. The van der Waals surface area contributed by atoms with Gasteiger partial charge >= 0.3 is 0 Å². The summed E-state index contributed by atoms with van der Waals surface area (Å²) < 4.78 is 5.84. The van der Waals surface area contributed by atoms with Crippen molar-refractivity contribution in [3.05, 3.63) is 29.3 Å². The third kappa shape index (κ3) is 4.92. The van der Waals surface area contributed by atoms with E-state index < -0.39 is 0 Å². The summed E-state index contributed by atoms with van der Waals surface area (Å²) in [6.45, 7) is 3.69. The molecule has 1 aromatic carbocycles. The fourth-order valence-electron chi connectivity index (χ4n) is 2.02. The van der Waals surface area contributed by atoms with Gasteiger partial charge in [-0.2, -0.15) is 5.26 Å². The summed E-state index contributed by atoms with van der Waals surface area (Å²) in [5.74, 6) is 0.982. The zero-order valence-corrected chi connectivity index (χ0v) is 11.6. The summed E-state index contributed by atoms with van der Waals surface area (Å²) in [6, 6.07) is 9.21. The van der Waals surface area contributed by atoms with Crippen LogP contribution >= 0.6 is 0 Å². The van der Waals surface area contributed by atoms with E-state index in [-0.39, 0.29) is 0 Å². The third-order valence-corrected chi connectivity index (χ3v) is 3.32. The summed E-state index contributed by atoms with van der Waals surface area (Å²) in [6.07, 6.45) is 5.08. The molecule has 1 aromatic rings. The van der Waals surface area contributed by atoms with Gasteiger partial charge in [-0.3, -0.25) is 0 Å². The summed E-state index contributed by atoms with van der Waals surface area (Å²) in [7, 11) is 0. The van der Waals surface area contributed by atoms with Gasteiger partial charge in [0.2, 0.25) is 0 Å². The highest BCUT2D eigenvalue weighted by Crippen LogP contribution is 2.23. The molecule has 0 spiro atoms. The molecule has 0 bridgehead atoms. The van der Waals surface area contributed by atoms with Crippen LogP contribution in [0.2, 0.25) is 0 Å². The number of nitrogens with one attached hydrogen (secondary N) is 1. The van der Waals surface area contributed by atoms with Gasteiger partial charge in [-0.1, -0.05) is 17.7 Å². The largest absolute Gasteiger partial charge is 0.493 e. The Bertz CT molecular complexity index is 447. The summed E-state index contributed by atoms with van der Waals surface area (Å²) in [4.78, 5) is 0. The number of rotatable bonds is 8. The normalized spacial score (nSPS) is 14.1. The van der Waals surface area contributed by atoms with Crippen LogP contribution in [0.3, 0.4) is 0 Å². The van der Waals surface area contributed by atoms with Crippen LogP contribution in [0.5, 0.6) is 5.75 Å². The van der Waals surface area contributed by atoms with Gasteiger partial charge < -0.3 is 10.1 Å². The number of benzene rings is 1. The third-order valence-electron chi connectivity index (χ3n) is 3.32. The van der Waals surface area contributed by atoms with E-state index in [1.165, 1.54) is 24.0 Å². The maximum Gasteiger partial charge on any atom is 0.123 e. The summed E-state index contributed by atoms with van der Waals surface area (Å²) >= 11 is 0. The lowest BCUT2D eigenvalue weighted by molar-refractivity contribution is 0.303. The zero-order chi connectivity index (χ0) is 13.5. The van der Waals surface area contributed by atoms with Crippen molar-refractivity contribution in [2.45, 2.75) is 51.6 Å². The van der Waals surface area contributed by atoms with E-state index in [1.807, 2.05) is 0 Å². The molecular formula is C16H22N2O. The van der Waals surface area contributed by atoms with Gasteiger partial charge in [-0.05, 0) is 38.7 Å². The van der Waals surface area contributed by atoms with Gasteiger partial charge in [0, 0.05) is 24.6 Å². The molecular weight excluding hydrogens is 236 g/mol. The van der Waals surface area contributed by atoms with Crippen molar-refractivity contribution in [2.75, 3.05) is 6.61 Å². The first-order chi connectivity index (χ1) is 9.29. The molecule has 19 heavy (non-hydrogen) atoms. The molecule has 0 unspecified atom stereocenters. The minimum Gasteiger partial charge on any atom is -0.493 e. The average molecular weight is 258 g/mol. The highest BCUT2D eigenvalue weighted by molar-refractivity contribution is 5.37. The Labute approximate surface area is 115 Å². The smallest absolute Gasteiger partial charge is 0.123 e. The van der Waals surface area contributed by atoms with Crippen LogP contribution in [0.25, 0.3) is 0 Å². The van der Waals surface area contributed by atoms with Crippen molar-refractivity contribution < 1.29 is 4.74 Å². The monoisotopic (exact) mass is 258 g/mol. The molecule has 0 aromatic heterocycles. The number of hydrogen-bond donors (Lipinski definition) is 1. The lowest BCUT2D eigenvalue weighted by Crippen LogP contribution is -2.16. The number of unbranched alkanes of at least 4 members (excludes halogenated alkanes) is 2. The summed E-state index contributed by atoms with van der Waals surface area (Å²) in [5.41, 5.74) is 2.51. The fraction of sp³-hybridized carbons (Fsp3) is 0.562. The quantitative estimate of drug-likeness (QED) is 0.727. The Hall–Kier alpha value is -1.53. The first-order valence-electron chi connectivity index (χ1n) is 7.12. The van der Waals surface area contributed by atoms with Crippen LogP contribution in [-0.4, -0.2) is 12.6 Å². The van der Waals surface area contributed by atoms with E-state index in [9.17, 15) is 0 Å². The van der Waals surface area contributed by atoms with Crippen LogP contribution in [0, 0.1) is 18.3 Å². The Morgan fingerprint density at radius 3 is 2.95 bits per heavy atom. The van der Waals surface area contributed by atoms with E-state index in [0.717, 1.165) is 25.1 Å². The number of ether oxygens (including phenoxy) is 1. The number of aryl methyl sites for hydroxylation is 1. The molecule has 0 amide bonds. The van der Waals surface area contributed by atoms with Crippen molar-refractivity contribution in [1.29, 1.82) is 5.26 Å². The maximum absolute atomic E-state index is 8.49. The second-order valence-corrected chi connectivity index (χ2v) is 5.23. The SMILES string of the molecule is Cc1ccc(OCCCCC#N)c(CNC2CC2)c1. The molecule has 0 heterocycles. The van der Waals surface area contributed by atoms with Gasteiger partial charge in [0.25, 0.3) is 0 Å². The molecule has 1 aliphatic rings. The predicted octanol–water partition coefficient (Wildman–Crippen LogP) is 3.32. The van der Waals surface area contributed by atoms with Crippen LogP contribution in [0.4, 0.5) is 0 Å². The molecule has 3 nitrogen and oxygen atoms in total. The molecule has 0 aliphatic heterocycles. The molecule has 0 saturated heterocycles. The molecule has 102 valence electrons. The number of nitriles is 1. The van der Waals surface area contributed by atoms with Crippen molar-refractivity contribution in [1.82, 2.24) is 5.32 Å². The standard InChI is InChI=1S/C16H22N2O/c1-13-5-8-16(19-10-4-2-3-9-17)14(11-13)12-18-15-6-7-15/h5,8,11,15,18H,2-4,6-7,10,12H2,1H3. The number of nitrogens with zero attached hydrogens (tertiary/aromatic N) is 1. The molecule has 1 fully saturated rings. The van der Waals surface area contributed by atoms with Gasteiger partial charge in [0.05, 0.1) is 12.7 Å². The van der Waals surface area contributed by atoms with Crippen LogP contribution in [-0.2, 0) is 6.54 Å². The van der Waals surface area contributed by atoms with Crippen molar-refractivity contribution >= 4 is 0 Å². The highest BCUT2D eigenvalue weighted by atomic mass is 16.5. The Balaban J connectivity index is 1.84. The van der Waals surface area contributed by atoms with Crippen LogP contribution in [0.15, 0.2) is 18.2 Å². The molecule has 2 rings (SSSR count). The van der Waals surface area contributed by atoms with E-state index in [4.69, 9.17) is 10.00 Å². The van der Waals surface area contributed by atoms with Crippen LogP contribution in [0.1, 0.15) is 43.2 Å². The minimum absolute atomic E-state index is 0.618. The molecule has 1 aliphatic carbocycles. The Kier molecular flexibility index (Phi) is 5.23. The van der Waals surface area contributed by atoms with E-state index in [2.05, 4.69) is 36.5 Å². The number of hydrogen-bond acceptors (Lipinski definition) is 3. The van der Waals surface area contributed by atoms with E-state index in [1.54, 1.807) is 0 Å². The van der Waals surface area contributed by atoms with E-state index >= 15 is 0 Å². The predicted molar refractivity (Wildman–Crippen MR) is 76.0 cm³/mol. The second kappa shape index (κ2) is 7.16. The maximum atomic E-state index is 8.49. The first-order valence-corrected chi connectivity index (χ1v) is 7.12. The van der Waals surface area contributed by atoms with Crippen molar-refractivity contribution in [3.8, 4) is 11.8 Å². The molecule has 3 heteroatoms. The van der Waals surface area contributed by atoms with Gasteiger partial charge in [0.1, 0.15) is 5.75 Å². The topological polar surface area (TPSA) is 45.0 Å². The first kappa shape index (κ1) is 13.9. The molecule has 1 saturated carbocycles. The Morgan fingerprint density at radius 2 is 2.21 bits per heavy atom.